The Balaban J connectivity index is 3.23. The van der Waals surface area contributed by atoms with Crippen LogP contribution in [-0.4, -0.2) is 24.5 Å². The van der Waals surface area contributed by atoms with Crippen LogP contribution in [0.25, 0.3) is 0 Å². The smallest absolute Gasteiger partial charge is 0.328 e. The number of hydrogen-bond donors (Lipinski definition) is 1. The lowest BCUT2D eigenvalue weighted by Crippen LogP contribution is -2.42. The van der Waals surface area contributed by atoms with E-state index in [9.17, 15) is 31.5 Å². The van der Waals surface area contributed by atoms with Gasteiger partial charge in [0.05, 0.1) is 6.61 Å². The van der Waals surface area contributed by atoms with Crippen molar-refractivity contribution in [2.45, 2.75) is 26.3 Å². The number of amides is 1. The van der Waals surface area contributed by atoms with Gasteiger partial charge < -0.3 is 10.1 Å². The maximum absolute atomic E-state index is 13.6. The van der Waals surface area contributed by atoms with Crippen molar-refractivity contribution in [3.63, 3.8) is 0 Å². The molecule has 1 aromatic carbocycles. The molecule has 4 nitrogen and oxygen atoms in total. The molecule has 0 aliphatic heterocycles. The summed E-state index contributed by atoms with van der Waals surface area (Å²) in [5, 5.41) is 2.04. The molecule has 1 atom stereocenters. The molecule has 0 aliphatic carbocycles. The lowest BCUT2D eigenvalue weighted by Gasteiger charge is -2.17. The van der Waals surface area contributed by atoms with E-state index in [1.807, 2.05) is 5.32 Å². The first-order chi connectivity index (χ1) is 10.2. The average molecular weight is 325 g/mol. The van der Waals surface area contributed by atoms with E-state index in [-0.39, 0.29) is 6.61 Å². The normalized spacial score (nSPS) is 12.0. The minimum Gasteiger partial charge on any atom is -0.464 e. The van der Waals surface area contributed by atoms with Crippen molar-refractivity contribution >= 4 is 11.9 Å². The highest BCUT2D eigenvalue weighted by atomic mass is 19.2. The Morgan fingerprint density at radius 1 is 1.00 bits per heavy atom. The molecule has 0 aromatic heterocycles. The summed E-state index contributed by atoms with van der Waals surface area (Å²) in [5.41, 5.74) is -1.21. The summed E-state index contributed by atoms with van der Waals surface area (Å²) in [6, 6.07) is -1.58. The van der Waals surface area contributed by atoms with Gasteiger partial charge in [-0.1, -0.05) is 0 Å². The summed E-state index contributed by atoms with van der Waals surface area (Å²) < 4.78 is 70.8. The third-order valence-corrected chi connectivity index (χ3v) is 2.66. The first kappa shape index (κ1) is 17.9. The van der Waals surface area contributed by atoms with Gasteiger partial charge in [-0.25, -0.2) is 26.7 Å². The minimum atomic E-state index is -2.30. The number of rotatable bonds is 5. The summed E-state index contributed by atoms with van der Waals surface area (Å²) in [4.78, 5) is 22.6. The maximum Gasteiger partial charge on any atom is 0.328 e. The zero-order valence-electron chi connectivity index (χ0n) is 11.6. The first-order valence-corrected chi connectivity index (χ1v) is 6.14. The van der Waals surface area contributed by atoms with Gasteiger partial charge in [0.2, 0.25) is 11.7 Å². The van der Waals surface area contributed by atoms with Gasteiger partial charge in [-0.3, -0.25) is 4.79 Å². The molecular weight excluding hydrogens is 313 g/mol. The Morgan fingerprint density at radius 3 is 1.86 bits per heavy atom. The van der Waals surface area contributed by atoms with Crippen LogP contribution in [0.3, 0.4) is 0 Å². The quantitative estimate of drug-likeness (QED) is 0.390. The molecule has 0 saturated carbocycles. The van der Waals surface area contributed by atoms with Crippen molar-refractivity contribution in [2.24, 2.45) is 0 Å². The second-order valence-corrected chi connectivity index (χ2v) is 4.26. The monoisotopic (exact) mass is 325 g/mol. The molecule has 122 valence electrons. The SMILES string of the molecule is CCOC(=O)[C@@H](Cc1c(F)c(F)c(F)c(F)c1F)NC(C)=O. The van der Waals surface area contributed by atoms with Crippen LogP contribution in [0, 0.1) is 29.1 Å². The Bertz CT molecular complexity index is 577. The maximum atomic E-state index is 13.6. The molecule has 0 fully saturated rings. The number of esters is 1. The highest BCUT2D eigenvalue weighted by Gasteiger charge is 2.30. The first-order valence-electron chi connectivity index (χ1n) is 6.14. The van der Waals surface area contributed by atoms with Crippen LogP contribution in [0.4, 0.5) is 22.0 Å². The molecule has 0 saturated heterocycles. The molecule has 0 radical (unpaired) electrons. The highest BCUT2D eigenvalue weighted by Crippen LogP contribution is 2.24. The van der Waals surface area contributed by atoms with E-state index < -0.39 is 59.0 Å². The Labute approximate surface area is 122 Å². The molecule has 0 aliphatic rings. The summed E-state index contributed by atoms with van der Waals surface area (Å²) >= 11 is 0. The van der Waals surface area contributed by atoms with Crippen LogP contribution in [-0.2, 0) is 20.7 Å². The van der Waals surface area contributed by atoms with Gasteiger partial charge in [0.25, 0.3) is 0 Å². The number of ether oxygens (including phenoxy) is 1. The number of nitrogens with one attached hydrogen (secondary N) is 1. The fraction of sp³-hybridized carbons (Fsp3) is 0.385. The molecule has 0 bridgehead atoms. The number of halogens is 5. The van der Waals surface area contributed by atoms with Gasteiger partial charge in [-0.2, -0.15) is 0 Å². The summed E-state index contributed by atoms with van der Waals surface area (Å²) in [6.45, 7) is 2.37. The number of benzene rings is 1. The van der Waals surface area contributed by atoms with Crippen LogP contribution in [0.1, 0.15) is 19.4 Å². The lowest BCUT2D eigenvalue weighted by molar-refractivity contribution is -0.147. The van der Waals surface area contributed by atoms with E-state index in [1.165, 1.54) is 6.92 Å². The molecule has 9 heteroatoms. The van der Waals surface area contributed by atoms with Crippen LogP contribution < -0.4 is 5.32 Å². The van der Waals surface area contributed by atoms with Crippen molar-refractivity contribution in [2.75, 3.05) is 6.61 Å². The Hall–Kier alpha value is -2.19. The molecule has 0 spiro atoms. The average Bonchev–Trinajstić information content (AvgIpc) is 2.46. The molecule has 1 rings (SSSR count). The standard InChI is InChI=1S/C13H12F5NO3/c1-3-22-13(21)7(19-5(2)20)4-6-8(14)10(16)12(18)11(17)9(6)15/h7H,3-4H2,1-2H3,(H,19,20)/t7-/m1/s1. The predicted octanol–water partition coefficient (Wildman–Crippen LogP) is 1.99. The molecule has 1 N–H and O–H groups in total. The van der Waals surface area contributed by atoms with Crippen molar-refractivity contribution in [3.8, 4) is 0 Å². The van der Waals surface area contributed by atoms with Gasteiger partial charge in [-0.05, 0) is 6.92 Å². The van der Waals surface area contributed by atoms with E-state index in [0.29, 0.717) is 0 Å². The Kier molecular flexibility index (Phi) is 5.84. The molecule has 1 aromatic rings. The molecule has 22 heavy (non-hydrogen) atoms. The lowest BCUT2D eigenvalue weighted by atomic mass is 10.0. The highest BCUT2D eigenvalue weighted by molar-refractivity contribution is 5.83. The van der Waals surface area contributed by atoms with Crippen molar-refractivity contribution in [1.82, 2.24) is 5.32 Å². The largest absolute Gasteiger partial charge is 0.464 e. The zero-order valence-corrected chi connectivity index (χ0v) is 11.6. The zero-order chi connectivity index (χ0) is 17.0. The van der Waals surface area contributed by atoms with Crippen LogP contribution in [0.5, 0.6) is 0 Å². The third kappa shape index (κ3) is 3.71. The van der Waals surface area contributed by atoms with Crippen molar-refractivity contribution < 1.29 is 36.3 Å². The van der Waals surface area contributed by atoms with Gasteiger partial charge in [0.15, 0.2) is 23.3 Å². The van der Waals surface area contributed by atoms with E-state index in [0.717, 1.165) is 6.92 Å². The predicted molar refractivity (Wildman–Crippen MR) is 64.2 cm³/mol. The van der Waals surface area contributed by atoms with Gasteiger partial charge in [-0.15, -0.1) is 0 Å². The third-order valence-electron chi connectivity index (χ3n) is 2.66. The van der Waals surface area contributed by atoms with Crippen LogP contribution in [0.15, 0.2) is 0 Å². The van der Waals surface area contributed by atoms with Crippen molar-refractivity contribution in [3.05, 3.63) is 34.6 Å². The molecule has 0 heterocycles. The van der Waals surface area contributed by atoms with Gasteiger partial charge in [0.1, 0.15) is 6.04 Å². The van der Waals surface area contributed by atoms with Crippen LogP contribution in [0.2, 0.25) is 0 Å². The van der Waals surface area contributed by atoms with Crippen molar-refractivity contribution in [1.29, 1.82) is 0 Å². The fourth-order valence-corrected chi connectivity index (χ4v) is 1.72. The number of carbonyl (C=O) groups excluding carboxylic acids is 2. The van der Waals surface area contributed by atoms with Crippen LogP contribution >= 0.6 is 0 Å². The van der Waals surface area contributed by atoms with Gasteiger partial charge >= 0.3 is 5.97 Å². The second-order valence-electron chi connectivity index (χ2n) is 4.26. The summed E-state index contributed by atoms with van der Waals surface area (Å²) in [5.74, 6) is -12.5. The van der Waals surface area contributed by atoms with E-state index in [2.05, 4.69) is 4.74 Å². The number of hydrogen-bond acceptors (Lipinski definition) is 3. The van der Waals surface area contributed by atoms with E-state index in [1.54, 1.807) is 0 Å². The topological polar surface area (TPSA) is 55.4 Å². The Morgan fingerprint density at radius 2 is 1.45 bits per heavy atom. The van der Waals surface area contributed by atoms with E-state index >= 15 is 0 Å². The van der Waals surface area contributed by atoms with E-state index in [4.69, 9.17) is 0 Å². The van der Waals surface area contributed by atoms with Gasteiger partial charge in [0, 0.05) is 18.9 Å². The second kappa shape index (κ2) is 7.19. The minimum absolute atomic E-state index is 0.0912. The number of carbonyl (C=O) groups is 2. The summed E-state index contributed by atoms with van der Waals surface area (Å²) in [6.07, 6.45) is -0.940. The molecule has 1 amide bonds. The molecule has 0 unspecified atom stereocenters. The summed E-state index contributed by atoms with van der Waals surface area (Å²) in [7, 11) is 0. The fourth-order valence-electron chi connectivity index (χ4n) is 1.72. The molecular formula is C13H12F5NO3.